The Labute approximate surface area is 135 Å². The highest BCUT2D eigenvalue weighted by molar-refractivity contribution is 6.03. The first-order valence-electron chi connectivity index (χ1n) is 6.81. The molecule has 1 aromatic carbocycles. The normalized spacial score (nSPS) is 11.9. The van der Waals surface area contributed by atoms with E-state index in [1.54, 1.807) is 6.92 Å². The van der Waals surface area contributed by atoms with Crippen molar-refractivity contribution >= 4 is 17.5 Å². The average molecular weight is 350 g/mol. The molecule has 0 unspecified atom stereocenters. The van der Waals surface area contributed by atoms with E-state index >= 15 is 0 Å². The molecular formula is C14H17F3N2O5. The minimum absolute atomic E-state index is 0.0183. The molecule has 1 amide bonds. The lowest BCUT2D eigenvalue weighted by Gasteiger charge is -2.18. The fourth-order valence-corrected chi connectivity index (χ4v) is 1.78. The van der Waals surface area contributed by atoms with Crippen LogP contribution in [0, 0.1) is 6.92 Å². The number of nitrogens with zero attached hydrogens (tertiary/aromatic N) is 1. The van der Waals surface area contributed by atoms with Crippen LogP contribution in [0.15, 0.2) is 11.2 Å². The Hall–Kier alpha value is -2.65. The molecule has 0 aliphatic rings. The largest absolute Gasteiger partial charge is 0.475 e. The van der Waals surface area contributed by atoms with Crippen LogP contribution in [-0.2, 0) is 9.53 Å². The van der Waals surface area contributed by atoms with Gasteiger partial charge < -0.3 is 15.3 Å². The molecule has 24 heavy (non-hydrogen) atoms. The van der Waals surface area contributed by atoms with Crippen molar-refractivity contribution in [1.29, 1.82) is 0 Å². The highest BCUT2D eigenvalue weighted by atomic mass is 19.3. The third kappa shape index (κ3) is 4.00. The van der Waals surface area contributed by atoms with Gasteiger partial charge in [-0.05, 0) is 32.9 Å². The maximum absolute atomic E-state index is 13.6. The number of amides is 1. The molecule has 0 saturated carbocycles. The number of benzene rings is 1. The fraction of sp³-hybridized carbons (Fsp3) is 0.429. The number of ether oxygens (including phenoxy) is 1. The summed E-state index contributed by atoms with van der Waals surface area (Å²) in [6, 6.07) is 0.945. The van der Waals surface area contributed by atoms with Crippen LogP contribution >= 0.6 is 0 Å². The lowest BCUT2D eigenvalue weighted by atomic mass is 10.0. The zero-order valence-electron chi connectivity index (χ0n) is 13.4. The molecule has 0 heterocycles. The fourth-order valence-electron chi connectivity index (χ4n) is 1.78. The molecule has 0 aromatic heterocycles. The maximum Gasteiger partial charge on any atom is 0.265 e. The number of hydrogen-bond acceptors (Lipinski definition) is 6. The minimum Gasteiger partial charge on any atom is -0.475 e. The molecule has 0 spiro atoms. The van der Waals surface area contributed by atoms with Gasteiger partial charge in [-0.1, -0.05) is 0 Å². The number of nitrogens with one attached hydrogen (secondary N) is 1. The van der Waals surface area contributed by atoms with Crippen molar-refractivity contribution in [3.63, 3.8) is 0 Å². The minimum atomic E-state index is -2.23. The number of anilines is 1. The lowest BCUT2D eigenvalue weighted by molar-refractivity contribution is -0.125. The summed E-state index contributed by atoms with van der Waals surface area (Å²) in [6.07, 6.45) is 0. The molecule has 0 atom stereocenters. The van der Waals surface area contributed by atoms with Gasteiger partial charge in [0.2, 0.25) is 0 Å². The molecule has 1 aromatic rings. The molecule has 0 fully saturated rings. The number of carbonyl (C=O) groups excluding carboxylic acids is 1. The van der Waals surface area contributed by atoms with Gasteiger partial charge in [0.25, 0.3) is 11.8 Å². The Kier molecular flexibility index (Phi) is 6.27. The second-order valence-electron chi connectivity index (χ2n) is 5.17. The molecular weight excluding hydrogens is 333 g/mol. The Morgan fingerprint density at radius 3 is 2.42 bits per heavy atom. The quantitative estimate of drug-likeness (QED) is 0.355. The molecule has 0 aliphatic carbocycles. The van der Waals surface area contributed by atoms with Crippen molar-refractivity contribution in [1.82, 2.24) is 0 Å². The van der Waals surface area contributed by atoms with Crippen molar-refractivity contribution in [2.75, 3.05) is 11.9 Å². The monoisotopic (exact) mass is 350 g/mol. The Morgan fingerprint density at radius 1 is 1.38 bits per heavy atom. The van der Waals surface area contributed by atoms with Crippen molar-refractivity contribution in [3.05, 3.63) is 17.2 Å². The summed E-state index contributed by atoms with van der Waals surface area (Å²) < 4.78 is 44.4. The predicted molar refractivity (Wildman–Crippen MR) is 78.4 cm³/mol. The summed E-state index contributed by atoms with van der Waals surface area (Å²) in [4.78, 5) is 19.0. The van der Waals surface area contributed by atoms with Crippen LogP contribution < -0.4 is 15.2 Å². The zero-order chi connectivity index (χ0) is 18.5. The summed E-state index contributed by atoms with van der Waals surface area (Å²) in [6.45, 7) is 4.89. The van der Waals surface area contributed by atoms with E-state index < -0.39 is 34.5 Å². The van der Waals surface area contributed by atoms with E-state index in [1.165, 1.54) is 6.92 Å². The van der Waals surface area contributed by atoms with E-state index in [-0.39, 0.29) is 17.9 Å². The predicted octanol–water partition coefficient (Wildman–Crippen LogP) is 3.38. The van der Waals surface area contributed by atoms with Crippen molar-refractivity contribution in [2.45, 2.75) is 33.4 Å². The smallest absolute Gasteiger partial charge is 0.265 e. The first-order valence-corrected chi connectivity index (χ1v) is 6.81. The van der Waals surface area contributed by atoms with E-state index in [9.17, 15) is 18.2 Å². The Bertz CT molecular complexity index is 644. The standard InChI is InChI=1S/C14H17F3N2O5/c1-5-22-12(19-21)10-9(23-16)6-8(7(2)11(10)24-17)18-13(20)14(3,4)15/h6,21H,5H2,1-4H3,(H,18,20). The number of halogens is 3. The molecule has 0 saturated heterocycles. The maximum atomic E-state index is 13.6. The second kappa shape index (κ2) is 7.75. The van der Waals surface area contributed by atoms with Crippen molar-refractivity contribution in [3.8, 4) is 11.5 Å². The first-order chi connectivity index (χ1) is 11.2. The van der Waals surface area contributed by atoms with Gasteiger partial charge in [-0.3, -0.25) is 14.7 Å². The van der Waals surface area contributed by atoms with Crippen molar-refractivity contribution in [2.24, 2.45) is 5.16 Å². The third-order valence-corrected chi connectivity index (χ3v) is 3.03. The van der Waals surface area contributed by atoms with Crippen molar-refractivity contribution < 1.29 is 38.1 Å². The van der Waals surface area contributed by atoms with E-state index in [0.29, 0.717) is 0 Å². The molecule has 134 valence electrons. The molecule has 0 aliphatic heterocycles. The van der Waals surface area contributed by atoms with Gasteiger partial charge in [0.1, 0.15) is 5.56 Å². The molecule has 7 nitrogen and oxygen atoms in total. The molecule has 0 radical (unpaired) electrons. The van der Waals surface area contributed by atoms with Gasteiger partial charge in [-0.25, -0.2) is 4.39 Å². The van der Waals surface area contributed by atoms with E-state index in [4.69, 9.17) is 9.94 Å². The highest BCUT2D eigenvalue weighted by Crippen LogP contribution is 2.39. The van der Waals surface area contributed by atoms with Crippen LogP contribution in [0.3, 0.4) is 0 Å². The SMILES string of the molecule is CCOC(=NO)c1c(OF)cc(NC(=O)C(C)(C)F)c(C)c1OF. The van der Waals surface area contributed by atoms with Gasteiger partial charge in [0, 0.05) is 20.7 Å². The number of alkyl halides is 1. The summed E-state index contributed by atoms with van der Waals surface area (Å²) in [7, 11) is 0. The number of rotatable bonds is 6. The summed E-state index contributed by atoms with van der Waals surface area (Å²) in [5, 5.41) is 13.9. The third-order valence-electron chi connectivity index (χ3n) is 3.03. The lowest BCUT2D eigenvalue weighted by Crippen LogP contribution is -2.32. The summed E-state index contributed by atoms with van der Waals surface area (Å²) in [5.74, 6) is -2.90. The summed E-state index contributed by atoms with van der Waals surface area (Å²) in [5.41, 5.74) is -2.89. The van der Waals surface area contributed by atoms with Gasteiger partial charge in [-0.2, -0.15) is 0 Å². The molecule has 0 bridgehead atoms. The Balaban J connectivity index is 3.51. The van der Waals surface area contributed by atoms with Gasteiger partial charge in [0.15, 0.2) is 17.2 Å². The number of oxime groups is 1. The van der Waals surface area contributed by atoms with Gasteiger partial charge >= 0.3 is 0 Å². The van der Waals surface area contributed by atoms with Gasteiger partial charge in [0.05, 0.1) is 12.3 Å². The van der Waals surface area contributed by atoms with Crippen LogP contribution in [0.4, 0.5) is 19.1 Å². The molecule has 10 heteroatoms. The van der Waals surface area contributed by atoms with Crippen LogP contribution in [0.2, 0.25) is 0 Å². The van der Waals surface area contributed by atoms with Gasteiger partial charge in [-0.15, -0.1) is 0 Å². The number of hydrogen-bond donors (Lipinski definition) is 2. The van der Waals surface area contributed by atoms with E-state index in [0.717, 1.165) is 19.9 Å². The topological polar surface area (TPSA) is 89.4 Å². The molecule has 1 rings (SSSR count). The highest BCUT2D eigenvalue weighted by Gasteiger charge is 2.30. The zero-order valence-corrected chi connectivity index (χ0v) is 13.4. The average Bonchev–Trinajstić information content (AvgIpc) is 2.53. The van der Waals surface area contributed by atoms with E-state index in [2.05, 4.69) is 20.4 Å². The Morgan fingerprint density at radius 2 is 2.00 bits per heavy atom. The van der Waals surface area contributed by atoms with Crippen LogP contribution in [-0.4, -0.2) is 29.3 Å². The van der Waals surface area contributed by atoms with Crippen LogP contribution in [0.25, 0.3) is 0 Å². The second-order valence-corrected chi connectivity index (χ2v) is 5.17. The first kappa shape index (κ1) is 19.4. The van der Waals surface area contributed by atoms with E-state index in [1.807, 2.05) is 0 Å². The van der Waals surface area contributed by atoms with Crippen LogP contribution in [0.1, 0.15) is 31.9 Å². The summed E-state index contributed by atoms with van der Waals surface area (Å²) >= 11 is 0. The number of carbonyl (C=O) groups is 1. The molecule has 2 N–H and O–H groups in total. The van der Waals surface area contributed by atoms with Crippen LogP contribution in [0.5, 0.6) is 11.5 Å².